The van der Waals surface area contributed by atoms with Crippen molar-refractivity contribution in [2.45, 2.75) is 145 Å². The van der Waals surface area contributed by atoms with Crippen LogP contribution in [0.1, 0.15) is 134 Å². The number of aromatic amines is 8. The fourth-order valence-corrected chi connectivity index (χ4v) is 22.0. The van der Waals surface area contributed by atoms with Crippen molar-refractivity contribution in [2.24, 2.45) is 0 Å². The number of hydrogen-bond donors (Lipinski definition) is 13. The Hall–Kier alpha value is -15.1. The van der Waals surface area contributed by atoms with Gasteiger partial charge in [-0.2, -0.15) is 20.4 Å². The van der Waals surface area contributed by atoms with Crippen LogP contribution in [0.5, 0.6) is 0 Å². The highest BCUT2D eigenvalue weighted by Gasteiger charge is 2.30. The van der Waals surface area contributed by atoms with Crippen LogP contribution < -0.4 is 30.7 Å². The summed E-state index contributed by atoms with van der Waals surface area (Å²) in [6, 6.07) is 34.4. The van der Waals surface area contributed by atoms with Crippen molar-refractivity contribution in [1.29, 1.82) is 0 Å². The number of piperazine rings is 3. The van der Waals surface area contributed by atoms with Crippen LogP contribution in [0.15, 0.2) is 196 Å². The molecule has 36 heteroatoms. The number of aromatic nitrogens is 24. The summed E-state index contributed by atoms with van der Waals surface area (Å²) >= 11 is 0. The number of benzene rings is 4. The van der Waals surface area contributed by atoms with Gasteiger partial charge in [0.05, 0.1) is 122 Å². The standard InChI is InChI=1S/C28H31N9O.C28H31N9.C27H29N9.C27H29N7O.4CH4/c38-21-3-7-36(8-4-21)17-18-11-20(14-30-13-18)19-1-2-23-22(12-19)26(35-34-23)28-32-24-15-31-16-25(27(24)33-28)37-9-5-29-6-10-37;1-2-8-36(9-3-1)18-19-12-21(15-30-14-19)20-4-5-23-22(13-20)26(35-34-23)28-32-24-16-31-17-25(27(24)33-28)37-10-6-29-7-11-37;1-2-8-35(7-1)17-18-11-20(14-29-13-18)19-3-4-22-21(12-19)25(34-33-22)27-31-23-15-30-16-24(26(23)32-27)36-9-5-28-6-10-36;1-34(2)15-16-9-19(12-28-11-16)18-5-8-23-21(10-18)26(33-32-23)27-30-24-14-29-13-22(25(24)31-27)17-3-6-20(35)7-4-17;;;;/h1-2,11-16,21,29,38H,3-10,17H2,(H,32,33)(H,34,35);4-5,12-17,29H,1-3,6-11,18H2,(H,32,33)(H,34,35);3-4,11-16,28H,1-2,5-10,17H2,(H,31,32)(H,33,34);5,8-14,17,20,35H,3-4,6-7,15H2,1-2H3,(H,30,31)(H,32,33);4*1H4. The Kier molecular flexibility index (Phi) is 31.3. The Morgan fingerprint density at radius 3 is 0.927 bits per heavy atom. The van der Waals surface area contributed by atoms with E-state index in [1.165, 1.54) is 80.5 Å². The van der Waals surface area contributed by atoms with Crippen molar-refractivity contribution in [1.82, 2.24) is 156 Å². The molecule has 0 amide bonds. The topological polar surface area (TPSA) is 432 Å². The monoisotopic (exact) mass is 2010 g/mol. The highest BCUT2D eigenvalue weighted by atomic mass is 16.3. The second kappa shape index (κ2) is 45.9. The number of aliphatic hydroxyl groups is 2. The van der Waals surface area contributed by atoms with Crippen molar-refractivity contribution >= 4 is 105 Å². The fraction of sp³-hybridized carbons (Fsp3) is 0.368. The van der Waals surface area contributed by atoms with Crippen molar-refractivity contribution in [3.8, 4) is 90.6 Å². The van der Waals surface area contributed by atoms with Crippen LogP contribution in [0.3, 0.4) is 0 Å². The van der Waals surface area contributed by atoms with Gasteiger partial charge in [-0.25, -0.2) is 19.9 Å². The van der Waals surface area contributed by atoms with Crippen molar-refractivity contribution in [2.75, 3.05) is 147 Å². The molecule has 7 fully saturated rings. The first kappa shape index (κ1) is 102. The summed E-state index contributed by atoms with van der Waals surface area (Å²) in [5.74, 6) is 3.33. The van der Waals surface area contributed by atoms with Gasteiger partial charge < -0.3 is 65.7 Å². The first-order valence-corrected chi connectivity index (χ1v) is 51.5. The van der Waals surface area contributed by atoms with Crippen LogP contribution in [0.25, 0.3) is 178 Å². The van der Waals surface area contributed by atoms with E-state index in [-0.39, 0.29) is 41.9 Å². The summed E-state index contributed by atoms with van der Waals surface area (Å²) in [7, 11) is 4.12. The molecule has 150 heavy (non-hydrogen) atoms. The lowest BCUT2D eigenvalue weighted by Crippen LogP contribution is -2.43. The number of nitrogens with zero attached hydrogens (tertiary/aromatic N) is 23. The zero-order valence-electron chi connectivity index (χ0n) is 82.2. The van der Waals surface area contributed by atoms with Gasteiger partial charge in [-0.3, -0.25) is 75.0 Å². The zero-order chi connectivity index (χ0) is 97.9. The molecule has 1 aliphatic carbocycles. The number of pyridine rings is 8. The number of hydrogen-bond acceptors (Lipinski definition) is 28. The summed E-state index contributed by atoms with van der Waals surface area (Å²) in [6.07, 6.45) is 42.0. The van der Waals surface area contributed by atoms with E-state index in [1.807, 2.05) is 99.1 Å². The van der Waals surface area contributed by atoms with E-state index in [0.29, 0.717) is 5.92 Å². The Morgan fingerprint density at radius 1 is 0.287 bits per heavy atom. The SMILES string of the molecule is C.C.C.C.CN(C)Cc1cncc(-c2ccc3[nH]nc(-c4nc5c(C6CCC(O)CC6)cncc5[nH]4)c3c2)c1.OC1CCN(Cc2cncc(-c3ccc4[nH]nc(-c5nc6c(N7CCNCC7)cncc6[nH]5)c4c3)c2)CC1.c1ncc(-c2ccc3[nH]nc(-c4nc5c(N6CCNCC6)cncc5[nH]4)c3c2)cc1CN1CCCC1.c1ncc(-c2ccc3[nH]nc(-c4nc5c(N6CCNCC6)cncc5[nH]4)c3c2)cc1CN1CCCCC1. The molecule has 0 atom stereocenters. The second-order valence-electron chi connectivity index (χ2n) is 40.1. The van der Waals surface area contributed by atoms with Crippen molar-refractivity contribution < 1.29 is 10.2 Å². The summed E-state index contributed by atoms with van der Waals surface area (Å²) in [4.78, 5) is 86.4. The summed E-state index contributed by atoms with van der Waals surface area (Å²) < 4.78 is 0. The smallest absolute Gasteiger partial charge is 0.159 e. The quantitative estimate of drug-likeness (QED) is 0.0337. The van der Waals surface area contributed by atoms with Gasteiger partial charge in [-0.15, -0.1) is 0 Å². The van der Waals surface area contributed by atoms with Gasteiger partial charge in [-0.1, -0.05) is 60.4 Å². The Bertz CT molecular complexity index is 8000. The van der Waals surface area contributed by atoms with Crippen molar-refractivity contribution in [3.63, 3.8) is 0 Å². The van der Waals surface area contributed by atoms with E-state index < -0.39 is 0 Å². The van der Waals surface area contributed by atoms with E-state index in [1.54, 1.807) is 0 Å². The molecule has 0 spiro atoms. The van der Waals surface area contributed by atoms with Gasteiger partial charge >= 0.3 is 0 Å². The maximum atomic E-state index is 9.92. The molecule has 1 saturated carbocycles. The van der Waals surface area contributed by atoms with Crippen LogP contribution >= 0.6 is 0 Å². The number of piperidine rings is 2. The third-order valence-corrected chi connectivity index (χ3v) is 29.6. The number of fused-ring (bicyclic) bond motifs is 8. The van der Waals surface area contributed by atoms with Crippen LogP contribution in [0.4, 0.5) is 17.1 Å². The van der Waals surface area contributed by atoms with Gasteiger partial charge in [0.15, 0.2) is 23.3 Å². The third kappa shape index (κ3) is 22.0. The molecule has 13 N–H and O–H groups in total. The Balaban J connectivity index is 0.000000120. The van der Waals surface area contributed by atoms with Gasteiger partial charge in [-0.05, 0) is 228 Å². The third-order valence-electron chi connectivity index (χ3n) is 29.6. The van der Waals surface area contributed by atoms with Crippen LogP contribution in [-0.4, -0.2) is 294 Å². The fourth-order valence-electron chi connectivity index (χ4n) is 22.0. The van der Waals surface area contributed by atoms with E-state index in [0.717, 1.165) is 357 Å². The van der Waals surface area contributed by atoms with Gasteiger partial charge in [0.2, 0.25) is 0 Å². The van der Waals surface area contributed by atoms with Crippen molar-refractivity contribution in [3.05, 3.63) is 224 Å². The number of anilines is 3. The number of rotatable bonds is 20. The molecule has 0 radical (unpaired) electrons. The summed E-state index contributed by atoms with van der Waals surface area (Å²) in [5, 5.41) is 65.3. The predicted octanol–water partition coefficient (Wildman–Crippen LogP) is 17.6. The average Bonchev–Trinajstić information content (AvgIpc) is 1.62. The van der Waals surface area contributed by atoms with E-state index in [4.69, 9.17) is 19.9 Å². The molecular formula is C114H136N34O2. The Morgan fingerprint density at radius 2 is 0.580 bits per heavy atom. The van der Waals surface area contributed by atoms with Crippen LogP contribution in [0.2, 0.25) is 0 Å². The highest BCUT2D eigenvalue weighted by Crippen LogP contribution is 2.42. The zero-order valence-corrected chi connectivity index (χ0v) is 82.2. The van der Waals surface area contributed by atoms with Gasteiger partial charge in [0.25, 0.3) is 0 Å². The molecule has 0 unspecified atom stereocenters. The number of likely N-dealkylation sites (tertiary alicyclic amines) is 3. The molecule has 774 valence electrons. The molecule has 0 bridgehead atoms. The summed E-state index contributed by atoms with van der Waals surface area (Å²) in [5.41, 5.74) is 32.6. The lowest BCUT2D eigenvalue weighted by Gasteiger charge is -2.29. The predicted molar refractivity (Wildman–Crippen MR) is 600 cm³/mol. The molecule has 16 aromatic heterocycles. The normalized spacial score (nSPS) is 17.1. The average molecular weight is 2010 g/mol. The first-order chi connectivity index (χ1) is 71.9. The minimum Gasteiger partial charge on any atom is -0.393 e. The van der Waals surface area contributed by atoms with Crippen LogP contribution in [-0.2, 0) is 26.2 Å². The molecule has 6 saturated heterocycles. The Labute approximate surface area is 871 Å². The van der Waals surface area contributed by atoms with E-state index >= 15 is 0 Å². The lowest BCUT2D eigenvalue weighted by atomic mass is 9.83. The number of H-pyrrole nitrogens is 8. The minimum atomic E-state index is -0.184. The molecule has 36 nitrogen and oxygen atoms in total. The largest absolute Gasteiger partial charge is 0.393 e. The highest BCUT2D eigenvalue weighted by molar-refractivity contribution is 6.02. The lowest BCUT2D eigenvalue weighted by molar-refractivity contribution is 0.0792. The van der Waals surface area contributed by atoms with Gasteiger partial charge in [0.1, 0.15) is 39.3 Å². The summed E-state index contributed by atoms with van der Waals surface area (Å²) in [6.45, 7) is 21.6. The first-order valence-electron chi connectivity index (χ1n) is 51.5. The number of aliphatic hydroxyl groups excluding tert-OH is 2. The molecule has 22 heterocycles. The van der Waals surface area contributed by atoms with E-state index in [9.17, 15) is 10.2 Å². The maximum Gasteiger partial charge on any atom is 0.159 e. The van der Waals surface area contributed by atoms with Gasteiger partial charge in [0, 0.05) is 223 Å². The molecule has 7 aliphatic rings. The van der Waals surface area contributed by atoms with E-state index in [2.05, 4.69) is 262 Å². The van der Waals surface area contributed by atoms with Crippen LogP contribution in [0, 0.1) is 0 Å². The number of imidazole rings is 4. The minimum absolute atomic E-state index is 0. The molecule has 6 aliphatic heterocycles. The molecular weight excluding hydrogens is 1880 g/mol. The second-order valence-corrected chi connectivity index (χ2v) is 40.1. The molecule has 20 aromatic rings. The molecule has 4 aromatic carbocycles. The molecule has 27 rings (SSSR count). The number of nitrogens with one attached hydrogen (secondary N) is 11. The maximum absolute atomic E-state index is 9.92.